The van der Waals surface area contributed by atoms with Crippen molar-refractivity contribution < 1.29 is 4.79 Å². The topological polar surface area (TPSA) is 20.3 Å². The van der Waals surface area contributed by atoms with E-state index in [0.29, 0.717) is 12.5 Å². The highest BCUT2D eigenvalue weighted by Crippen LogP contribution is 2.21. The van der Waals surface area contributed by atoms with Crippen LogP contribution in [0.3, 0.4) is 0 Å². The maximum Gasteiger partial charge on any atom is 0.224 e. The van der Waals surface area contributed by atoms with Gasteiger partial charge in [-0.05, 0) is 13.3 Å². The molecular weight excluding hydrogens is 206 g/mol. The minimum Gasteiger partial charge on any atom is -0.339 e. The van der Waals surface area contributed by atoms with Crippen molar-refractivity contribution in [2.24, 2.45) is 0 Å². The first-order valence-electron chi connectivity index (χ1n) is 6.12. The van der Waals surface area contributed by atoms with Crippen molar-refractivity contribution in [3.05, 3.63) is 0 Å². The summed E-state index contributed by atoms with van der Waals surface area (Å²) in [6.45, 7) is 5.23. The summed E-state index contributed by atoms with van der Waals surface area (Å²) in [6, 6.07) is 0.409. The molecule has 2 unspecified atom stereocenters. The minimum atomic E-state index is 0.260. The van der Waals surface area contributed by atoms with Crippen molar-refractivity contribution in [2.75, 3.05) is 6.54 Å². The molecule has 1 amide bonds. The number of hydrogen-bond donors (Lipinski definition) is 1. The molecule has 0 N–H and O–H groups in total. The summed E-state index contributed by atoms with van der Waals surface area (Å²) in [5.74, 6) is 0.290. The van der Waals surface area contributed by atoms with Crippen LogP contribution in [0.4, 0.5) is 0 Å². The van der Waals surface area contributed by atoms with E-state index < -0.39 is 0 Å². The fourth-order valence-electron chi connectivity index (χ4n) is 2.16. The molecule has 0 bridgehead atoms. The molecular formula is C12H23NOS. The molecule has 1 heterocycles. The van der Waals surface area contributed by atoms with Crippen LogP contribution in [0.25, 0.3) is 0 Å². The van der Waals surface area contributed by atoms with Gasteiger partial charge in [-0.2, -0.15) is 12.6 Å². The molecule has 0 aromatic heterocycles. The summed E-state index contributed by atoms with van der Waals surface area (Å²) < 4.78 is 0. The van der Waals surface area contributed by atoms with Gasteiger partial charge in [0.1, 0.15) is 0 Å². The molecule has 1 rings (SSSR count). The number of hydrogen-bond acceptors (Lipinski definition) is 2. The summed E-state index contributed by atoms with van der Waals surface area (Å²) in [6.07, 6.45) is 6.91. The lowest BCUT2D eigenvalue weighted by molar-refractivity contribution is -0.129. The van der Waals surface area contributed by atoms with Gasteiger partial charge >= 0.3 is 0 Å². The van der Waals surface area contributed by atoms with Crippen LogP contribution in [0.2, 0.25) is 0 Å². The van der Waals surface area contributed by atoms with E-state index in [1.54, 1.807) is 0 Å². The molecule has 0 radical (unpaired) electrons. The first-order valence-corrected chi connectivity index (χ1v) is 6.64. The first kappa shape index (κ1) is 12.9. The zero-order chi connectivity index (χ0) is 11.3. The van der Waals surface area contributed by atoms with E-state index in [1.165, 1.54) is 25.7 Å². The molecule has 1 aliphatic heterocycles. The fourth-order valence-corrected chi connectivity index (χ4v) is 2.49. The molecule has 0 aliphatic carbocycles. The minimum absolute atomic E-state index is 0.260. The van der Waals surface area contributed by atoms with Gasteiger partial charge in [-0.25, -0.2) is 0 Å². The second-order valence-corrected chi connectivity index (χ2v) is 5.33. The number of likely N-dealkylation sites (tertiary alicyclic amines) is 1. The standard InChI is InChI=1S/C12H23NOS/c1-3-4-5-6-7-10(2)13-9-11(15)8-12(13)14/h10-11,15H,3-9H2,1-2H3. The Balaban J connectivity index is 2.21. The maximum absolute atomic E-state index is 11.6. The van der Waals surface area contributed by atoms with Crippen LogP contribution in [-0.4, -0.2) is 28.6 Å². The van der Waals surface area contributed by atoms with Crippen molar-refractivity contribution in [1.29, 1.82) is 0 Å². The highest BCUT2D eigenvalue weighted by Gasteiger charge is 2.29. The molecule has 15 heavy (non-hydrogen) atoms. The highest BCUT2D eigenvalue weighted by atomic mass is 32.1. The lowest BCUT2D eigenvalue weighted by atomic mass is 10.1. The number of unbranched alkanes of at least 4 members (excludes halogenated alkanes) is 3. The molecule has 1 aliphatic rings. The van der Waals surface area contributed by atoms with E-state index in [9.17, 15) is 4.79 Å². The van der Waals surface area contributed by atoms with Crippen LogP contribution >= 0.6 is 12.6 Å². The van der Waals surface area contributed by atoms with Crippen molar-refractivity contribution in [3.63, 3.8) is 0 Å². The summed E-state index contributed by atoms with van der Waals surface area (Å²) in [5.41, 5.74) is 0. The van der Waals surface area contributed by atoms with E-state index in [1.807, 2.05) is 4.90 Å². The Morgan fingerprint density at radius 3 is 2.73 bits per heavy atom. The second-order valence-electron chi connectivity index (χ2n) is 4.60. The van der Waals surface area contributed by atoms with E-state index in [2.05, 4.69) is 26.5 Å². The van der Waals surface area contributed by atoms with Gasteiger partial charge in [-0.15, -0.1) is 0 Å². The Hall–Kier alpha value is -0.180. The number of carbonyl (C=O) groups excluding carboxylic acids is 1. The fraction of sp³-hybridized carbons (Fsp3) is 0.917. The molecule has 0 spiro atoms. The smallest absolute Gasteiger partial charge is 0.224 e. The first-order chi connectivity index (χ1) is 7.15. The number of rotatable bonds is 6. The van der Waals surface area contributed by atoms with Crippen molar-refractivity contribution in [1.82, 2.24) is 4.90 Å². The zero-order valence-corrected chi connectivity index (χ0v) is 10.8. The van der Waals surface area contributed by atoms with Crippen LogP contribution in [0.1, 0.15) is 52.4 Å². The monoisotopic (exact) mass is 229 g/mol. The van der Waals surface area contributed by atoms with Crippen LogP contribution < -0.4 is 0 Å². The zero-order valence-electron chi connectivity index (χ0n) is 9.91. The lowest BCUT2D eigenvalue weighted by Gasteiger charge is -2.24. The van der Waals surface area contributed by atoms with Gasteiger partial charge in [0.05, 0.1) is 0 Å². The molecule has 0 saturated carbocycles. The van der Waals surface area contributed by atoms with Crippen LogP contribution in [0.5, 0.6) is 0 Å². The molecule has 1 fully saturated rings. The predicted molar refractivity (Wildman–Crippen MR) is 67.3 cm³/mol. The summed E-state index contributed by atoms with van der Waals surface area (Å²) in [5, 5.41) is 0.260. The normalized spacial score (nSPS) is 23.5. The van der Waals surface area contributed by atoms with Crippen LogP contribution in [0, 0.1) is 0 Å². The van der Waals surface area contributed by atoms with Crippen molar-refractivity contribution in [3.8, 4) is 0 Å². The van der Waals surface area contributed by atoms with Crippen molar-refractivity contribution >= 4 is 18.5 Å². The van der Waals surface area contributed by atoms with Crippen LogP contribution in [0.15, 0.2) is 0 Å². The van der Waals surface area contributed by atoms with Gasteiger partial charge in [-0.1, -0.05) is 32.6 Å². The average molecular weight is 229 g/mol. The SMILES string of the molecule is CCCCCCC(C)N1CC(S)CC1=O. The van der Waals surface area contributed by atoms with Gasteiger partial charge in [0, 0.05) is 24.3 Å². The number of amides is 1. The Morgan fingerprint density at radius 1 is 1.47 bits per heavy atom. The quantitative estimate of drug-likeness (QED) is 0.548. The molecule has 1 saturated heterocycles. The van der Waals surface area contributed by atoms with Crippen molar-refractivity contribution in [2.45, 2.75) is 63.7 Å². The largest absolute Gasteiger partial charge is 0.339 e. The summed E-state index contributed by atoms with van der Waals surface area (Å²) in [4.78, 5) is 13.6. The predicted octanol–water partition coefficient (Wildman–Crippen LogP) is 2.88. The van der Waals surface area contributed by atoms with Gasteiger partial charge in [0.2, 0.25) is 5.91 Å². The van der Waals surface area contributed by atoms with E-state index in [4.69, 9.17) is 0 Å². The number of thiol groups is 1. The number of nitrogens with zero attached hydrogens (tertiary/aromatic N) is 1. The average Bonchev–Trinajstić information content (AvgIpc) is 2.52. The third-order valence-electron chi connectivity index (χ3n) is 3.15. The van der Waals surface area contributed by atoms with E-state index in [0.717, 1.165) is 13.0 Å². The van der Waals surface area contributed by atoms with Gasteiger partial charge in [0.15, 0.2) is 0 Å². The van der Waals surface area contributed by atoms with Crippen LogP contribution in [-0.2, 0) is 4.79 Å². The molecule has 2 nitrogen and oxygen atoms in total. The highest BCUT2D eigenvalue weighted by molar-refractivity contribution is 7.81. The Bertz CT molecular complexity index is 208. The van der Waals surface area contributed by atoms with Gasteiger partial charge < -0.3 is 4.90 Å². The lowest BCUT2D eigenvalue weighted by Crippen LogP contribution is -2.34. The third kappa shape index (κ3) is 4.06. The van der Waals surface area contributed by atoms with E-state index >= 15 is 0 Å². The van der Waals surface area contributed by atoms with E-state index in [-0.39, 0.29) is 11.2 Å². The molecule has 88 valence electrons. The third-order valence-corrected chi connectivity index (χ3v) is 3.49. The molecule has 0 aromatic rings. The summed E-state index contributed by atoms with van der Waals surface area (Å²) in [7, 11) is 0. The Kier molecular flexibility index (Phi) is 5.51. The Labute approximate surface area is 98.8 Å². The molecule has 2 atom stereocenters. The van der Waals surface area contributed by atoms with Gasteiger partial charge in [-0.3, -0.25) is 4.79 Å². The van der Waals surface area contributed by atoms with Gasteiger partial charge in [0.25, 0.3) is 0 Å². The number of carbonyl (C=O) groups is 1. The Morgan fingerprint density at radius 2 is 2.20 bits per heavy atom. The second kappa shape index (κ2) is 6.41. The maximum atomic E-state index is 11.6. The summed E-state index contributed by atoms with van der Waals surface area (Å²) >= 11 is 4.37. The molecule has 0 aromatic carbocycles. The molecule has 3 heteroatoms.